The maximum absolute atomic E-state index is 12.6. The molecule has 0 aliphatic carbocycles. The highest BCUT2D eigenvalue weighted by Crippen LogP contribution is 2.28. The minimum Gasteiger partial charge on any atom is -0.497 e. The number of hydrogen-bond donors (Lipinski definition) is 0. The van der Waals surface area contributed by atoms with Gasteiger partial charge in [0.15, 0.2) is 23.9 Å². The zero-order valence-corrected chi connectivity index (χ0v) is 17.0. The highest BCUT2D eigenvalue weighted by atomic mass is 16.5. The summed E-state index contributed by atoms with van der Waals surface area (Å²) in [7, 11) is 3.16. The van der Waals surface area contributed by atoms with Gasteiger partial charge < -0.3 is 24.0 Å². The third-order valence-electron chi connectivity index (χ3n) is 4.97. The molecule has 0 atom stereocenters. The zero-order chi connectivity index (χ0) is 20.8. The number of ether oxygens (including phenoxy) is 3. The fraction of sp³-hybridized carbons (Fsp3) is 0.364. The summed E-state index contributed by atoms with van der Waals surface area (Å²) in [5, 5.41) is 0. The number of amides is 1. The second-order valence-electron chi connectivity index (χ2n) is 6.78. The highest BCUT2D eigenvalue weighted by molar-refractivity contribution is 5.94. The van der Waals surface area contributed by atoms with Crippen molar-refractivity contribution in [3.63, 3.8) is 0 Å². The van der Waals surface area contributed by atoms with Gasteiger partial charge in [0.25, 0.3) is 5.91 Å². The molecule has 2 aromatic rings. The van der Waals surface area contributed by atoms with Gasteiger partial charge in [-0.15, -0.1) is 0 Å². The number of nitrogens with zero attached hydrogens (tertiary/aromatic N) is 2. The van der Waals surface area contributed by atoms with Gasteiger partial charge in [0.05, 0.1) is 14.2 Å². The molecule has 1 amide bonds. The fourth-order valence-electron chi connectivity index (χ4n) is 3.26. The van der Waals surface area contributed by atoms with Crippen LogP contribution in [0, 0.1) is 0 Å². The zero-order valence-electron chi connectivity index (χ0n) is 17.0. The Kier molecular flexibility index (Phi) is 6.59. The van der Waals surface area contributed by atoms with E-state index in [1.807, 2.05) is 24.3 Å². The van der Waals surface area contributed by atoms with Crippen LogP contribution in [-0.4, -0.2) is 63.6 Å². The molecule has 0 unspecified atom stereocenters. The van der Waals surface area contributed by atoms with Crippen LogP contribution in [0.3, 0.4) is 0 Å². The van der Waals surface area contributed by atoms with Crippen molar-refractivity contribution < 1.29 is 23.8 Å². The molecule has 29 heavy (non-hydrogen) atoms. The van der Waals surface area contributed by atoms with Gasteiger partial charge in [-0.25, -0.2) is 0 Å². The lowest BCUT2D eigenvalue weighted by molar-refractivity contribution is -0.133. The first-order valence-corrected chi connectivity index (χ1v) is 9.50. The molecule has 7 nitrogen and oxygen atoms in total. The minimum atomic E-state index is -0.0759. The van der Waals surface area contributed by atoms with E-state index < -0.39 is 0 Å². The van der Waals surface area contributed by atoms with Crippen molar-refractivity contribution >= 4 is 17.4 Å². The summed E-state index contributed by atoms with van der Waals surface area (Å²) in [4.78, 5) is 28.1. The molecular formula is C22H26N2O5. The van der Waals surface area contributed by atoms with Gasteiger partial charge in [-0.2, -0.15) is 0 Å². The third kappa shape index (κ3) is 4.99. The standard InChI is InChI=1S/C22H26N2O5/c1-16(25)17-7-8-20(21(13-17)28-3)29-15-22(26)24-11-9-23(10-12-24)18-5-4-6-19(14-18)27-2/h4-8,13-14H,9-12,15H2,1-3H3. The van der Waals surface area contributed by atoms with Gasteiger partial charge in [0.1, 0.15) is 5.75 Å². The summed E-state index contributed by atoms with van der Waals surface area (Å²) in [6, 6.07) is 12.9. The normalized spacial score (nSPS) is 13.8. The topological polar surface area (TPSA) is 68.3 Å². The van der Waals surface area contributed by atoms with Crippen LogP contribution in [0.2, 0.25) is 0 Å². The number of hydrogen-bond acceptors (Lipinski definition) is 6. The molecule has 2 aromatic carbocycles. The van der Waals surface area contributed by atoms with E-state index in [2.05, 4.69) is 4.90 Å². The van der Waals surface area contributed by atoms with Crippen LogP contribution in [0.4, 0.5) is 5.69 Å². The quantitative estimate of drug-likeness (QED) is 0.668. The lowest BCUT2D eigenvalue weighted by atomic mass is 10.1. The second-order valence-corrected chi connectivity index (χ2v) is 6.78. The van der Waals surface area contributed by atoms with Crippen molar-refractivity contribution in [2.24, 2.45) is 0 Å². The number of ketones is 1. The largest absolute Gasteiger partial charge is 0.497 e. The number of methoxy groups -OCH3 is 2. The van der Waals surface area contributed by atoms with Gasteiger partial charge in [-0.05, 0) is 37.3 Å². The van der Waals surface area contributed by atoms with Crippen LogP contribution in [-0.2, 0) is 4.79 Å². The molecule has 1 saturated heterocycles. The highest BCUT2D eigenvalue weighted by Gasteiger charge is 2.22. The van der Waals surface area contributed by atoms with Crippen LogP contribution in [0.25, 0.3) is 0 Å². The molecule has 1 aliphatic heterocycles. The Balaban J connectivity index is 1.54. The molecular weight excluding hydrogens is 372 g/mol. The van der Waals surface area contributed by atoms with Crippen LogP contribution in [0.15, 0.2) is 42.5 Å². The van der Waals surface area contributed by atoms with E-state index in [0.29, 0.717) is 30.2 Å². The summed E-state index contributed by atoms with van der Waals surface area (Å²) < 4.78 is 16.2. The first kappa shape index (κ1) is 20.5. The van der Waals surface area contributed by atoms with Gasteiger partial charge in [0, 0.05) is 43.5 Å². The lowest BCUT2D eigenvalue weighted by Gasteiger charge is -2.36. The Labute approximate surface area is 170 Å². The average Bonchev–Trinajstić information content (AvgIpc) is 2.77. The summed E-state index contributed by atoms with van der Waals surface area (Å²) in [6.07, 6.45) is 0. The van der Waals surface area contributed by atoms with Gasteiger partial charge >= 0.3 is 0 Å². The van der Waals surface area contributed by atoms with E-state index in [-0.39, 0.29) is 18.3 Å². The van der Waals surface area contributed by atoms with E-state index in [1.165, 1.54) is 14.0 Å². The first-order chi connectivity index (χ1) is 14.0. The Morgan fingerprint density at radius 2 is 1.69 bits per heavy atom. The Hall–Kier alpha value is -3.22. The van der Waals surface area contributed by atoms with Gasteiger partial charge in [-0.1, -0.05) is 6.07 Å². The Bertz CT molecular complexity index is 875. The third-order valence-corrected chi connectivity index (χ3v) is 4.97. The molecule has 0 N–H and O–H groups in total. The molecule has 3 rings (SSSR count). The molecule has 154 valence electrons. The molecule has 0 radical (unpaired) electrons. The van der Waals surface area contributed by atoms with Crippen molar-refractivity contribution in [1.29, 1.82) is 0 Å². The Morgan fingerprint density at radius 3 is 2.34 bits per heavy atom. The SMILES string of the molecule is COc1cccc(N2CCN(C(=O)COc3ccc(C(C)=O)cc3OC)CC2)c1. The average molecular weight is 398 g/mol. The van der Waals surface area contributed by atoms with Crippen molar-refractivity contribution in [2.75, 3.05) is 51.9 Å². The fourth-order valence-corrected chi connectivity index (χ4v) is 3.26. The minimum absolute atomic E-state index is 0.0557. The number of Topliss-reactive ketones (excluding diaryl/α,β-unsaturated/α-hetero) is 1. The molecule has 0 saturated carbocycles. The van der Waals surface area contributed by atoms with Crippen LogP contribution < -0.4 is 19.1 Å². The Morgan fingerprint density at radius 1 is 0.931 bits per heavy atom. The second kappa shape index (κ2) is 9.32. The van der Waals surface area contributed by atoms with Gasteiger partial charge in [-0.3, -0.25) is 9.59 Å². The summed E-state index contributed by atoms with van der Waals surface area (Å²) in [5.74, 6) is 1.57. The number of rotatable bonds is 7. The van der Waals surface area contributed by atoms with Crippen LogP contribution >= 0.6 is 0 Å². The van der Waals surface area contributed by atoms with Crippen LogP contribution in [0.5, 0.6) is 17.2 Å². The van der Waals surface area contributed by atoms with Crippen LogP contribution in [0.1, 0.15) is 17.3 Å². The van der Waals surface area contributed by atoms with Crippen molar-refractivity contribution in [3.8, 4) is 17.2 Å². The van der Waals surface area contributed by atoms with Crippen molar-refractivity contribution in [3.05, 3.63) is 48.0 Å². The first-order valence-electron chi connectivity index (χ1n) is 9.50. The molecule has 1 heterocycles. The molecule has 1 fully saturated rings. The number of carbonyl (C=O) groups is 2. The number of benzene rings is 2. The summed E-state index contributed by atoms with van der Waals surface area (Å²) >= 11 is 0. The molecule has 0 spiro atoms. The summed E-state index contributed by atoms with van der Waals surface area (Å²) in [5.41, 5.74) is 1.62. The smallest absolute Gasteiger partial charge is 0.260 e. The number of anilines is 1. The molecule has 0 aromatic heterocycles. The lowest BCUT2D eigenvalue weighted by Crippen LogP contribution is -2.50. The monoisotopic (exact) mass is 398 g/mol. The molecule has 7 heteroatoms. The maximum atomic E-state index is 12.6. The van der Waals surface area contributed by atoms with E-state index in [4.69, 9.17) is 14.2 Å². The van der Waals surface area contributed by atoms with Crippen molar-refractivity contribution in [1.82, 2.24) is 4.90 Å². The van der Waals surface area contributed by atoms with Gasteiger partial charge in [0.2, 0.25) is 0 Å². The maximum Gasteiger partial charge on any atom is 0.260 e. The van der Waals surface area contributed by atoms with E-state index in [0.717, 1.165) is 24.5 Å². The number of carbonyl (C=O) groups excluding carboxylic acids is 2. The summed E-state index contributed by atoms with van der Waals surface area (Å²) in [6.45, 7) is 4.16. The predicted molar refractivity (Wildman–Crippen MR) is 110 cm³/mol. The molecule has 0 bridgehead atoms. The number of piperazine rings is 1. The van der Waals surface area contributed by atoms with E-state index >= 15 is 0 Å². The van der Waals surface area contributed by atoms with E-state index in [1.54, 1.807) is 30.2 Å². The van der Waals surface area contributed by atoms with E-state index in [9.17, 15) is 9.59 Å². The predicted octanol–water partition coefficient (Wildman–Crippen LogP) is 2.63. The van der Waals surface area contributed by atoms with Crippen molar-refractivity contribution in [2.45, 2.75) is 6.92 Å². The molecule has 1 aliphatic rings.